The van der Waals surface area contributed by atoms with Gasteiger partial charge in [0, 0.05) is 18.1 Å². The Morgan fingerprint density at radius 2 is 2.00 bits per heavy atom. The first-order valence-corrected chi connectivity index (χ1v) is 7.56. The Bertz CT molecular complexity index is 629. The van der Waals surface area contributed by atoms with Crippen molar-refractivity contribution in [1.29, 1.82) is 0 Å². The Kier molecular flexibility index (Phi) is 4.84. The van der Waals surface area contributed by atoms with Gasteiger partial charge in [-0.05, 0) is 23.3 Å². The monoisotopic (exact) mass is 304 g/mol. The molecule has 0 aliphatic rings. The minimum atomic E-state index is -0.175. The van der Waals surface area contributed by atoms with E-state index in [1.807, 2.05) is 30.3 Å². The third kappa shape index (κ3) is 4.43. The molecule has 1 heterocycles. The van der Waals surface area contributed by atoms with Gasteiger partial charge in [-0.25, -0.2) is 0 Å². The lowest BCUT2D eigenvalue weighted by atomic mass is 9.90. The van der Waals surface area contributed by atoms with Crippen LogP contribution in [-0.4, -0.2) is 22.8 Å². The van der Waals surface area contributed by atoms with E-state index in [1.165, 1.54) is 0 Å². The second-order valence-electron chi connectivity index (χ2n) is 6.45. The molecule has 21 heavy (non-hydrogen) atoms. The molecule has 0 aliphatic carbocycles. The molecule has 0 aliphatic heterocycles. The normalized spacial score (nSPS) is 13.1. The zero-order chi connectivity index (χ0) is 15.5. The number of nitrogens with zero attached hydrogens (tertiary/aromatic N) is 1. The lowest BCUT2D eigenvalue weighted by molar-refractivity contribution is 0.0949. The Labute approximate surface area is 130 Å². The molecule has 1 N–H and O–H groups in total. The van der Waals surface area contributed by atoms with E-state index in [0.717, 1.165) is 17.2 Å². The van der Waals surface area contributed by atoms with Gasteiger partial charge in [0.15, 0.2) is 0 Å². The molecule has 0 saturated carbocycles. The van der Waals surface area contributed by atoms with Crippen molar-refractivity contribution < 1.29 is 4.79 Å². The smallest absolute Gasteiger partial charge is 0.270 e. The predicted molar refractivity (Wildman–Crippen MR) is 87.8 cm³/mol. The molecule has 0 saturated heterocycles. The number of halogens is 1. The Morgan fingerprint density at radius 3 is 2.71 bits per heavy atom. The number of alkyl halides is 1. The summed E-state index contributed by atoms with van der Waals surface area (Å²) in [5.41, 5.74) is 0.599. The van der Waals surface area contributed by atoms with Crippen LogP contribution in [0.2, 0.25) is 0 Å². The van der Waals surface area contributed by atoms with E-state index in [0.29, 0.717) is 12.2 Å². The highest BCUT2D eigenvalue weighted by atomic mass is 35.5. The molecule has 1 aromatic carbocycles. The first kappa shape index (κ1) is 15.8. The molecule has 2 rings (SSSR count). The topological polar surface area (TPSA) is 42.0 Å². The molecular formula is C17H21ClN2O. The minimum Gasteiger partial charge on any atom is -0.349 e. The van der Waals surface area contributed by atoms with E-state index in [9.17, 15) is 4.79 Å². The van der Waals surface area contributed by atoms with Crippen LogP contribution in [0.4, 0.5) is 0 Å². The number of hydrogen-bond acceptors (Lipinski definition) is 2. The van der Waals surface area contributed by atoms with Gasteiger partial charge in [-0.15, -0.1) is 11.6 Å². The molecule has 0 bridgehead atoms. The summed E-state index contributed by atoms with van der Waals surface area (Å²) in [6, 6.07) is 9.63. The molecule has 4 heteroatoms. The number of benzene rings is 1. The lowest BCUT2D eigenvalue weighted by Gasteiger charge is -2.22. The zero-order valence-corrected chi connectivity index (χ0v) is 13.4. The molecule has 1 aromatic heterocycles. The maximum absolute atomic E-state index is 12.3. The van der Waals surface area contributed by atoms with E-state index in [-0.39, 0.29) is 16.7 Å². The average Bonchev–Trinajstić information content (AvgIpc) is 2.42. The van der Waals surface area contributed by atoms with Crippen molar-refractivity contribution in [3.8, 4) is 0 Å². The summed E-state index contributed by atoms with van der Waals surface area (Å²) < 4.78 is 0. The Hall–Kier alpha value is -1.61. The van der Waals surface area contributed by atoms with Gasteiger partial charge >= 0.3 is 0 Å². The summed E-state index contributed by atoms with van der Waals surface area (Å²) in [6.45, 7) is 6.85. The van der Waals surface area contributed by atoms with Crippen LogP contribution in [0.1, 0.15) is 37.7 Å². The van der Waals surface area contributed by atoms with Gasteiger partial charge in [-0.3, -0.25) is 9.78 Å². The molecule has 1 unspecified atom stereocenters. The van der Waals surface area contributed by atoms with Gasteiger partial charge in [0.2, 0.25) is 0 Å². The van der Waals surface area contributed by atoms with Crippen LogP contribution in [0.15, 0.2) is 36.5 Å². The summed E-state index contributed by atoms with van der Waals surface area (Å²) in [5.74, 6) is -0.175. The van der Waals surface area contributed by atoms with Gasteiger partial charge in [0.1, 0.15) is 5.69 Å². The number of hydrogen-bond donors (Lipinski definition) is 1. The summed E-state index contributed by atoms with van der Waals surface area (Å²) in [4.78, 5) is 16.5. The lowest BCUT2D eigenvalue weighted by Crippen LogP contribution is -2.32. The predicted octanol–water partition coefficient (Wildman–Crippen LogP) is 4.01. The SMILES string of the molecule is CC(C)(C)CC(Cl)CNC(=O)c1nccc2ccccc12. The highest BCUT2D eigenvalue weighted by Crippen LogP contribution is 2.23. The van der Waals surface area contributed by atoms with Gasteiger partial charge in [-0.2, -0.15) is 0 Å². The molecule has 1 amide bonds. The van der Waals surface area contributed by atoms with Crippen molar-refractivity contribution in [2.45, 2.75) is 32.6 Å². The Balaban J connectivity index is 2.06. The van der Waals surface area contributed by atoms with Crippen molar-refractivity contribution in [2.24, 2.45) is 5.41 Å². The highest BCUT2D eigenvalue weighted by molar-refractivity contribution is 6.21. The Morgan fingerprint density at radius 1 is 1.29 bits per heavy atom. The van der Waals surface area contributed by atoms with Crippen LogP contribution in [-0.2, 0) is 0 Å². The van der Waals surface area contributed by atoms with Crippen molar-refractivity contribution >= 4 is 28.3 Å². The van der Waals surface area contributed by atoms with Crippen LogP contribution >= 0.6 is 11.6 Å². The van der Waals surface area contributed by atoms with Crippen molar-refractivity contribution in [1.82, 2.24) is 10.3 Å². The number of pyridine rings is 1. The van der Waals surface area contributed by atoms with Gasteiger partial charge in [0.25, 0.3) is 5.91 Å². The molecule has 3 nitrogen and oxygen atoms in total. The van der Waals surface area contributed by atoms with Crippen LogP contribution in [0.25, 0.3) is 10.8 Å². The second-order valence-corrected chi connectivity index (χ2v) is 7.07. The van der Waals surface area contributed by atoms with Gasteiger partial charge in [-0.1, -0.05) is 45.0 Å². The number of carbonyl (C=O) groups is 1. The first-order valence-electron chi connectivity index (χ1n) is 7.13. The number of aromatic nitrogens is 1. The summed E-state index contributed by atoms with van der Waals surface area (Å²) in [6.07, 6.45) is 2.50. The maximum atomic E-state index is 12.3. The third-order valence-electron chi connectivity index (χ3n) is 3.21. The number of carbonyl (C=O) groups excluding carboxylic acids is 1. The standard InChI is InChI=1S/C17H21ClN2O/c1-17(2,3)10-13(18)11-20-16(21)15-14-7-5-4-6-12(14)8-9-19-15/h4-9,13H,10-11H2,1-3H3,(H,20,21). The third-order valence-corrected chi connectivity index (χ3v) is 3.52. The van der Waals surface area contributed by atoms with E-state index in [2.05, 4.69) is 31.1 Å². The number of nitrogens with one attached hydrogen (secondary N) is 1. The van der Waals surface area contributed by atoms with Crippen LogP contribution < -0.4 is 5.32 Å². The largest absolute Gasteiger partial charge is 0.349 e. The van der Waals surface area contributed by atoms with Gasteiger partial charge in [0.05, 0.1) is 5.38 Å². The van der Waals surface area contributed by atoms with Crippen LogP contribution in [0.3, 0.4) is 0 Å². The second kappa shape index (κ2) is 6.44. The fourth-order valence-corrected chi connectivity index (χ4v) is 2.86. The van der Waals surface area contributed by atoms with Crippen molar-refractivity contribution in [2.75, 3.05) is 6.54 Å². The van der Waals surface area contributed by atoms with E-state index >= 15 is 0 Å². The van der Waals surface area contributed by atoms with E-state index in [4.69, 9.17) is 11.6 Å². The van der Waals surface area contributed by atoms with Crippen molar-refractivity contribution in [3.63, 3.8) is 0 Å². The molecule has 0 radical (unpaired) electrons. The number of amides is 1. The van der Waals surface area contributed by atoms with Crippen LogP contribution in [0, 0.1) is 5.41 Å². The highest BCUT2D eigenvalue weighted by Gasteiger charge is 2.18. The first-order chi connectivity index (χ1) is 9.87. The van der Waals surface area contributed by atoms with Crippen LogP contribution in [0.5, 0.6) is 0 Å². The maximum Gasteiger partial charge on any atom is 0.270 e. The fourth-order valence-electron chi connectivity index (χ4n) is 2.32. The average molecular weight is 305 g/mol. The molecule has 2 aromatic rings. The fraction of sp³-hybridized carbons (Fsp3) is 0.412. The zero-order valence-electron chi connectivity index (χ0n) is 12.7. The number of rotatable bonds is 4. The summed E-state index contributed by atoms with van der Waals surface area (Å²) in [7, 11) is 0. The molecule has 0 spiro atoms. The van der Waals surface area contributed by atoms with Crippen molar-refractivity contribution in [3.05, 3.63) is 42.2 Å². The number of fused-ring (bicyclic) bond motifs is 1. The molecule has 1 atom stereocenters. The van der Waals surface area contributed by atoms with E-state index in [1.54, 1.807) is 6.20 Å². The molecular weight excluding hydrogens is 284 g/mol. The molecule has 112 valence electrons. The quantitative estimate of drug-likeness (QED) is 0.867. The molecule has 0 fully saturated rings. The summed E-state index contributed by atoms with van der Waals surface area (Å²) in [5, 5.41) is 4.67. The van der Waals surface area contributed by atoms with E-state index < -0.39 is 0 Å². The summed E-state index contributed by atoms with van der Waals surface area (Å²) >= 11 is 6.28. The minimum absolute atomic E-state index is 0.0797. The van der Waals surface area contributed by atoms with Gasteiger partial charge < -0.3 is 5.32 Å².